The number of nitrogens with zero attached hydrogens (tertiary/aromatic N) is 1. The predicted octanol–water partition coefficient (Wildman–Crippen LogP) is 2.96. The zero-order valence-corrected chi connectivity index (χ0v) is 11.9. The first-order chi connectivity index (χ1) is 10.5. The van der Waals surface area contributed by atoms with Crippen LogP contribution >= 0.6 is 0 Å². The van der Waals surface area contributed by atoms with Crippen molar-refractivity contribution in [1.82, 2.24) is 5.12 Å². The van der Waals surface area contributed by atoms with Crippen LogP contribution in [0.1, 0.15) is 12.0 Å². The van der Waals surface area contributed by atoms with Crippen molar-refractivity contribution < 1.29 is 13.7 Å². The summed E-state index contributed by atoms with van der Waals surface area (Å²) in [5.41, 5.74) is 5.83. The molecule has 1 aliphatic rings. The standard InChI is InChI=1S/C17H16F2N2O/c18-15-10-17(16(20)22,21(19)11-15)14-8-4-7-13(9-14)12-5-2-1-3-6-12/h1-9,15H,10-11H2,(H2,20,22). The van der Waals surface area contributed by atoms with E-state index < -0.39 is 24.2 Å². The number of primary amides is 1. The second-order valence-electron chi connectivity index (χ2n) is 5.52. The van der Waals surface area contributed by atoms with Gasteiger partial charge >= 0.3 is 0 Å². The van der Waals surface area contributed by atoms with Gasteiger partial charge in [-0.1, -0.05) is 48.5 Å². The molecule has 1 heterocycles. The Balaban J connectivity index is 2.09. The van der Waals surface area contributed by atoms with Gasteiger partial charge in [0.25, 0.3) is 0 Å². The fourth-order valence-corrected chi connectivity index (χ4v) is 3.02. The van der Waals surface area contributed by atoms with E-state index in [9.17, 15) is 13.7 Å². The van der Waals surface area contributed by atoms with Crippen LogP contribution in [0.5, 0.6) is 0 Å². The average Bonchev–Trinajstić information content (AvgIpc) is 2.84. The Hall–Kier alpha value is -2.27. The van der Waals surface area contributed by atoms with Crippen LogP contribution < -0.4 is 5.73 Å². The Morgan fingerprint density at radius 1 is 1.14 bits per heavy atom. The summed E-state index contributed by atoms with van der Waals surface area (Å²) < 4.78 is 27.9. The van der Waals surface area contributed by atoms with Gasteiger partial charge in [0.15, 0.2) is 5.54 Å². The highest BCUT2D eigenvalue weighted by Gasteiger charge is 2.53. The van der Waals surface area contributed by atoms with Gasteiger partial charge in [-0.3, -0.25) is 4.79 Å². The molecule has 2 unspecified atom stereocenters. The summed E-state index contributed by atoms with van der Waals surface area (Å²) in [6.45, 7) is -0.446. The zero-order chi connectivity index (χ0) is 15.7. The number of amides is 1. The lowest BCUT2D eigenvalue weighted by atomic mass is 9.85. The van der Waals surface area contributed by atoms with Crippen molar-refractivity contribution >= 4 is 5.91 Å². The Labute approximate surface area is 127 Å². The third kappa shape index (κ3) is 2.27. The molecular weight excluding hydrogens is 286 g/mol. The second-order valence-corrected chi connectivity index (χ2v) is 5.52. The van der Waals surface area contributed by atoms with Gasteiger partial charge in [-0.2, -0.15) is 0 Å². The van der Waals surface area contributed by atoms with Crippen molar-refractivity contribution in [3.63, 3.8) is 0 Å². The molecule has 0 aliphatic carbocycles. The first-order valence-corrected chi connectivity index (χ1v) is 7.07. The van der Waals surface area contributed by atoms with Crippen LogP contribution in [0.2, 0.25) is 0 Å². The summed E-state index contributed by atoms with van der Waals surface area (Å²) in [6.07, 6.45) is -1.69. The number of benzene rings is 2. The molecule has 0 aromatic heterocycles. The van der Waals surface area contributed by atoms with Gasteiger partial charge in [-0.05, 0) is 22.8 Å². The van der Waals surface area contributed by atoms with Crippen LogP contribution in [0.25, 0.3) is 11.1 Å². The summed E-state index contributed by atoms with van der Waals surface area (Å²) in [5, 5.41) is 0.226. The van der Waals surface area contributed by atoms with Crippen molar-refractivity contribution in [2.24, 2.45) is 5.73 Å². The van der Waals surface area contributed by atoms with Crippen LogP contribution in [-0.4, -0.2) is 23.7 Å². The lowest BCUT2D eigenvalue weighted by Crippen LogP contribution is -2.47. The van der Waals surface area contributed by atoms with Gasteiger partial charge in [0.05, 0.1) is 6.54 Å². The van der Waals surface area contributed by atoms with Gasteiger partial charge in [-0.15, -0.1) is 9.60 Å². The van der Waals surface area contributed by atoms with E-state index in [0.29, 0.717) is 5.56 Å². The van der Waals surface area contributed by atoms with Gasteiger partial charge in [0.1, 0.15) is 6.17 Å². The molecule has 2 N–H and O–H groups in total. The quantitative estimate of drug-likeness (QED) is 0.886. The molecule has 3 nitrogen and oxygen atoms in total. The van der Waals surface area contributed by atoms with Crippen LogP contribution in [0.3, 0.4) is 0 Å². The zero-order valence-electron chi connectivity index (χ0n) is 11.9. The maximum atomic E-state index is 14.3. The number of rotatable bonds is 3. The predicted molar refractivity (Wildman–Crippen MR) is 80.1 cm³/mol. The molecule has 114 valence electrons. The summed E-state index contributed by atoms with van der Waals surface area (Å²) in [4.78, 5) is 11.9. The molecule has 0 saturated carbocycles. The van der Waals surface area contributed by atoms with Crippen molar-refractivity contribution in [3.8, 4) is 11.1 Å². The molecule has 22 heavy (non-hydrogen) atoms. The monoisotopic (exact) mass is 302 g/mol. The second kappa shape index (κ2) is 5.50. The minimum absolute atomic E-state index is 0.226. The summed E-state index contributed by atoms with van der Waals surface area (Å²) >= 11 is 0. The van der Waals surface area contributed by atoms with Crippen LogP contribution in [0.4, 0.5) is 8.87 Å². The molecule has 0 spiro atoms. The topological polar surface area (TPSA) is 46.3 Å². The van der Waals surface area contributed by atoms with Crippen LogP contribution in [-0.2, 0) is 10.3 Å². The summed E-state index contributed by atoms with van der Waals surface area (Å²) in [6, 6.07) is 16.4. The Bertz CT molecular complexity index is 692. The molecule has 3 rings (SSSR count). The van der Waals surface area contributed by atoms with Gasteiger partial charge in [0, 0.05) is 6.42 Å². The number of carbonyl (C=O) groups is 1. The van der Waals surface area contributed by atoms with Crippen molar-refractivity contribution in [2.45, 2.75) is 18.1 Å². The number of nitrogens with two attached hydrogens (primary N) is 1. The minimum Gasteiger partial charge on any atom is -0.368 e. The first kappa shape index (κ1) is 14.7. The number of alkyl halides is 1. The molecule has 2 aromatic carbocycles. The number of hydrogen-bond donors (Lipinski definition) is 1. The molecule has 2 atom stereocenters. The molecule has 1 amide bonds. The van der Waals surface area contributed by atoms with Crippen molar-refractivity contribution in [3.05, 3.63) is 60.2 Å². The van der Waals surface area contributed by atoms with E-state index in [4.69, 9.17) is 5.73 Å². The molecule has 5 heteroatoms. The van der Waals surface area contributed by atoms with Gasteiger partial charge < -0.3 is 5.73 Å². The lowest BCUT2D eigenvalue weighted by molar-refractivity contribution is -0.141. The van der Waals surface area contributed by atoms with Crippen molar-refractivity contribution in [1.29, 1.82) is 0 Å². The third-order valence-corrected chi connectivity index (χ3v) is 4.14. The molecule has 1 saturated heterocycles. The Morgan fingerprint density at radius 2 is 1.82 bits per heavy atom. The third-order valence-electron chi connectivity index (χ3n) is 4.14. The normalized spacial score (nSPS) is 25.3. The molecule has 2 aromatic rings. The van der Waals surface area contributed by atoms with E-state index in [1.165, 1.54) is 0 Å². The van der Waals surface area contributed by atoms with Crippen LogP contribution in [0.15, 0.2) is 54.6 Å². The molecule has 0 radical (unpaired) electrons. The lowest BCUT2D eigenvalue weighted by Gasteiger charge is -2.29. The maximum absolute atomic E-state index is 14.3. The SMILES string of the molecule is NC(=O)C1(c2cccc(-c3ccccc3)c2)CC(F)CN1F. The summed E-state index contributed by atoms with van der Waals surface area (Å²) in [7, 11) is 0. The molecular formula is C17H16F2N2O. The highest BCUT2D eigenvalue weighted by molar-refractivity contribution is 5.87. The Kier molecular flexibility index (Phi) is 3.66. The number of carbonyl (C=O) groups excluding carboxylic acids is 1. The van der Waals surface area contributed by atoms with Crippen molar-refractivity contribution in [2.75, 3.05) is 6.54 Å². The average molecular weight is 302 g/mol. The number of hydrogen-bond acceptors (Lipinski definition) is 2. The van der Waals surface area contributed by atoms with E-state index in [0.717, 1.165) is 11.1 Å². The van der Waals surface area contributed by atoms with Gasteiger partial charge in [0.2, 0.25) is 5.91 Å². The fraction of sp³-hybridized carbons (Fsp3) is 0.235. The smallest absolute Gasteiger partial charge is 0.245 e. The van der Waals surface area contributed by atoms with Gasteiger partial charge in [-0.25, -0.2) is 4.39 Å². The minimum atomic E-state index is -1.73. The summed E-state index contributed by atoms with van der Waals surface area (Å²) in [5.74, 6) is -0.875. The molecule has 0 bridgehead atoms. The van der Waals surface area contributed by atoms with E-state index >= 15 is 0 Å². The Morgan fingerprint density at radius 3 is 2.41 bits per heavy atom. The van der Waals surface area contributed by atoms with E-state index in [1.54, 1.807) is 18.2 Å². The van der Waals surface area contributed by atoms with E-state index in [1.807, 2.05) is 36.4 Å². The number of halogens is 2. The first-order valence-electron chi connectivity index (χ1n) is 7.07. The van der Waals surface area contributed by atoms with E-state index in [-0.39, 0.29) is 11.5 Å². The van der Waals surface area contributed by atoms with Crippen LogP contribution in [0, 0.1) is 0 Å². The largest absolute Gasteiger partial charge is 0.368 e. The highest BCUT2D eigenvalue weighted by Crippen LogP contribution is 2.41. The maximum Gasteiger partial charge on any atom is 0.245 e. The molecule has 1 aliphatic heterocycles. The molecule has 1 fully saturated rings. The fourth-order valence-electron chi connectivity index (χ4n) is 3.02. The highest BCUT2D eigenvalue weighted by atomic mass is 19.2. The van der Waals surface area contributed by atoms with E-state index in [2.05, 4.69) is 0 Å².